The number of unbranched alkanes of at least 4 members (excludes halogenated alkanes) is 2. The quantitative estimate of drug-likeness (QED) is 0.263. The second-order valence-electron chi connectivity index (χ2n) is 6.59. The summed E-state index contributed by atoms with van der Waals surface area (Å²) < 4.78 is 15.9. The average molecular weight is 389 g/mol. The zero-order chi connectivity index (χ0) is 19.7. The van der Waals surface area contributed by atoms with Gasteiger partial charge in [-0.2, -0.15) is 0 Å². The molecule has 1 rings (SSSR count). The van der Waals surface area contributed by atoms with Crippen molar-refractivity contribution in [1.82, 2.24) is 16.0 Å². The van der Waals surface area contributed by atoms with Gasteiger partial charge in [0, 0.05) is 25.6 Å². The van der Waals surface area contributed by atoms with Crippen LogP contribution in [0.1, 0.15) is 39.0 Å². The van der Waals surface area contributed by atoms with Gasteiger partial charge in [0.05, 0.1) is 45.7 Å². The molecule has 1 fully saturated rings. The lowest BCUT2D eigenvalue weighted by atomic mass is 10.0. The van der Waals surface area contributed by atoms with Crippen molar-refractivity contribution in [3.63, 3.8) is 0 Å². The monoisotopic (exact) mass is 388 g/mol. The second kappa shape index (κ2) is 15.6. The molecule has 1 saturated heterocycles. The molecule has 158 valence electrons. The van der Waals surface area contributed by atoms with Crippen molar-refractivity contribution < 1.29 is 23.8 Å². The lowest BCUT2D eigenvalue weighted by Crippen LogP contribution is -2.30. The van der Waals surface area contributed by atoms with Crippen LogP contribution in [0.25, 0.3) is 0 Å². The Kier molecular flexibility index (Phi) is 13.7. The molecule has 1 unspecified atom stereocenters. The summed E-state index contributed by atoms with van der Waals surface area (Å²) in [6, 6.07) is 0.291. The molecule has 0 saturated carbocycles. The van der Waals surface area contributed by atoms with Gasteiger partial charge in [-0.15, -0.1) is 0 Å². The van der Waals surface area contributed by atoms with Crippen molar-refractivity contribution in [3.8, 4) is 0 Å². The highest BCUT2D eigenvalue weighted by molar-refractivity contribution is 5.77. The number of hydrogen-bond donors (Lipinski definition) is 4. The van der Waals surface area contributed by atoms with Crippen molar-refractivity contribution >= 4 is 11.9 Å². The van der Waals surface area contributed by atoms with Gasteiger partial charge in [0.1, 0.15) is 0 Å². The van der Waals surface area contributed by atoms with Gasteiger partial charge in [-0.25, -0.2) is 4.79 Å². The Bertz CT molecular complexity index is 411. The maximum Gasteiger partial charge on any atom is 0.315 e. The number of nitrogens with two attached hydrogens (primary N) is 1. The Morgan fingerprint density at radius 1 is 1.00 bits per heavy atom. The van der Waals surface area contributed by atoms with Crippen molar-refractivity contribution in [2.45, 2.75) is 51.1 Å². The maximum atomic E-state index is 11.7. The molecular weight excluding hydrogens is 352 g/mol. The molecule has 0 aromatic heterocycles. The van der Waals surface area contributed by atoms with Crippen LogP contribution in [0.3, 0.4) is 0 Å². The molecule has 0 aromatic rings. The topological polar surface area (TPSA) is 124 Å². The van der Waals surface area contributed by atoms with E-state index in [1.54, 1.807) is 0 Å². The lowest BCUT2D eigenvalue weighted by molar-refractivity contribution is -0.121. The summed E-state index contributed by atoms with van der Waals surface area (Å²) in [5.41, 5.74) is 5.30. The van der Waals surface area contributed by atoms with Crippen LogP contribution in [-0.4, -0.2) is 76.8 Å². The minimum atomic E-state index is -0.0859. The molecule has 27 heavy (non-hydrogen) atoms. The van der Waals surface area contributed by atoms with Crippen LogP contribution in [0, 0.1) is 0 Å². The number of hydrogen-bond acceptors (Lipinski definition) is 6. The molecule has 0 aromatic carbocycles. The van der Waals surface area contributed by atoms with Gasteiger partial charge in [-0.1, -0.05) is 12.8 Å². The summed E-state index contributed by atoms with van der Waals surface area (Å²) in [5.74, 6) is 0.0520. The average Bonchev–Trinajstić information content (AvgIpc) is 2.96. The molecule has 1 heterocycles. The van der Waals surface area contributed by atoms with E-state index in [-0.39, 0.29) is 24.0 Å². The van der Waals surface area contributed by atoms with Crippen LogP contribution in [0.15, 0.2) is 0 Å². The first kappa shape index (κ1) is 23.6. The third-order valence-corrected chi connectivity index (χ3v) is 4.27. The first-order chi connectivity index (χ1) is 13.1. The third kappa shape index (κ3) is 12.6. The number of amides is 3. The minimum absolute atomic E-state index is 0.0520. The number of urea groups is 1. The number of nitrogens with one attached hydrogen (secondary N) is 3. The standard InChI is InChI=1S/C18H36N4O5/c1-15-16(22-18(24)21-15)5-3-2-4-6-17(23)20-8-10-26-12-14-27-13-11-25-9-7-19/h15-16H,2-14,19H2,1H3,(H,20,23)(H2,21,22,24)/t15-,16?/m0/s1. The number of carbonyl (C=O) groups is 2. The molecule has 3 amide bonds. The summed E-state index contributed by atoms with van der Waals surface area (Å²) in [4.78, 5) is 22.9. The highest BCUT2D eigenvalue weighted by Gasteiger charge is 2.26. The van der Waals surface area contributed by atoms with E-state index in [9.17, 15) is 9.59 Å². The van der Waals surface area contributed by atoms with E-state index in [2.05, 4.69) is 16.0 Å². The third-order valence-electron chi connectivity index (χ3n) is 4.27. The smallest absolute Gasteiger partial charge is 0.315 e. The van der Waals surface area contributed by atoms with E-state index in [1.807, 2.05) is 6.92 Å². The van der Waals surface area contributed by atoms with Crippen LogP contribution in [-0.2, 0) is 19.0 Å². The summed E-state index contributed by atoms with van der Waals surface area (Å²) >= 11 is 0. The largest absolute Gasteiger partial charge is 0.378 e. The van der Waals surface area contributed by atoms with Gasteiger partial charge in [-0.3, -0.25) is 4.79 Å². The van der Waals surface area contributed by atoms with Gasteiger partial charge in [0.15, 0.2) is 0 Å². The molecule has 1 aliphatic heterocycles. The highest BCUT2D eigenvalue weighted by Crippen LogP contribution is 2.11. The molecule has 0 aliphatic carbocycles. The van der Waals surface area contributed by atoms with Gasteiger partial charge in [0.2, 0.25) is 5.91 Å². The molecule has 0 bridgehead atoms. The predicted molar refractivity (Wildman–Crippen MR) is 103 cm³/mol. The van der Waals surface area contributed by atoms with E-state index >= 15 is 0 Å². The summed E-state index contributed by atoms with van der Waals surface area (Å²) in [7, 11) is 0. The highest BCUT2D eigenvalue weighted by atomic mass is 16.5. The van der Waals surface area contributed by atoms with Crippen LogP contribution >= 0.6 is 0 Å². The van der Waals surface area contributed by atoms with Gasteiger partial charge in [-0.05, 0) is 19.8 Å². The number of carbonyl (C=O) groups excluding carboxylic acids is 2. The van der Waals surface area contributed by atoms with Crippen LogP contribution in [0.2, 0.25) is 0 Å². The van der Waals surface area contributed by atoms with Crippen LogP contribution in [0.5, 0.6) is 0 Å². The number of ether oxygens (including phenoxy) is 3. The Morgan fingerprint density at radius 2 is 1.67 bits per heavy atom. The Morgan fingerprint density at radius 3 is 2.30 bits per heavy atom. The molecule has 9 heteroatoms. The SMILES string of the molecule is C[C@@H]1NC(=O)NC1CCCCCC(=O)NCCOCCOCCOCCN. The predicted octanol–water partition coefficient (Wildman–Crippen LogP) is 0.132. The minimum Gasteiger partial charge on any atom is -0.378 e. The molecule has 1 aliphatic rings. The van der Waals surface area contributed by atoms with Gasteiger partial charge >= 0.3 is 6.03 Å². The zero-order valence-electron chi connectivity index (χ0n) is 16.5. The van der Waals surface area contributed by atoms with Crippen LogP contribution in [0.4, 0.5) is 4.79 Å². The van der Waals surface area contributed by atoms with Gasteiger partial charge < -0.3 is 35.9 Å². The Balaban J connectivity index is 1.80. The normalized spacial score (nSPS) is 19.0. The fraction of sp³-hybridized carbons (Fsp3) is 0.889. The first-order valence-corrected chi connectivity index (χ1v) is 9.90. The van der Waals surface area contributed by atoms with Crippen molar-refractivity contribution in [1.29, 1.82) is 0 Å². The van der Waals surface area contributed by atoms with Crippen molar-refractivity contribution in [2.24, 2.45) is 5.73 Å². The summed E-state index contributed by atoms with van der Waals surface area (Å²) in [6.45, 7) is 6.14. The van der Waals surface area contributed by atoms with E-state index < -0.39 is 0 Å². The van der Waals surface area contributed by atoms with Crippen molar-refractivity contribution in [3.05, 3.63) is 0 Å². The Hall–Kier alpha value is -1.42. The molecule has 5 N–H and O–H groups in total. The maximum absolute atomic E-state index is 11.7. The molecular formula is C18H36N4O5. The number of rotatable bonds is 17. The van der Waals surface area contributed by atoms with Crippen molar-refractivity contribution in [2.75, 3.05) is 52.7 Å². The Labute approximate surface area is 162 Å². The van der Waals surface area contributed by atoms with E-state index in [0.717, 1.165) is 25.7 Å². The van der Waals surface area contributed by atoms with E-state index in [1.165, 1.54) is 0 Å². The molecule has 0 radical (unpaired) electrons. The summed E-state index contributed by atoms with van der Waals surface area (Å²) in [6.07, 6.45) is 4.31. The van der Waals surface area contributed by atoms with Gasteiger partial charge in [0.25, 0.3) is 0 Å². The molecule has 9 nitrogen and oxygen atoms in total. The summed E-state index contributed by atoms with van der Waals surface area (Å²) in [5, 5.41) is 8.59. The van der Waals surface area contributed by atoms with E-state index in [0.29, 0.717) is 59.2 Å². The zero-order valence-corrected chi connectivity index (χ0v) is 16.5. The fourth-order valence-corrected chi connectivity index (χ4v) is 2.77. The lowest BCUT2D eigenvalue weighted by Gasteiger charge is -2.13. The molecule has 2 atom stereocenters. The fourth-order valence-electron chi connectivity index (χ4n) is 2.77. The van der Waals surface area contributed by atoms with Crippen LogP contribution < -0.4 is 21.7 Å². The first-order valence-electron chi connectivity index (χ1n) is 9.90. The second-order valence-corrected chi connectivity index (χ2v) is 6.59. The van der Waals surface area contributed by atoms with E-state index in [4.69, 9.17) is 19.9 Å². The molecule has 0 spiro atoms.